The van der Waals surface area contributed by atoms with Crippen LogP contribution in [0, 0.1) is 5.82 Å². The van der Waals surface area contributed by atoms with E-state index in [-0.39, 0.29) is 11.5 Å². The Labute approximate surface area is 103 Å². The second kappa shape index (κ2) is 4.29. The van der Waals surface area contributed by atoms with Crippen LogP contribution in [0.25, 0.3) is 11.5 Å². The molecule has 0 unspecified atom stereocenters. The van der Waals surface area contributed by atoms with E-state index in [4.69, 9.17) is 10.3 Å². The van der Waals surface area contributed by atoms with Gasteiger partial charge in [-0.3, -0.25) is 0 Å². The third kappa shape index (κ3) is 1.79. The molecule has 1 aliphatic rings. The van der Waals surface area contributed by atoms with Crippen molar-refractivity contribution >= 4 is 11.6 Å². The molecular weight excluding hydrogens is 235 g/mol. The van der Waals surface area contributed by atoms with Gasteiger partial charge in [0, 0.05) is 18.8 Å². The number of hydrogen-bond acceptors (Lipinski definition) is 5. The molecule has 1 fully saturated rings. The highest BCUT2D eigenvalue weighted by Crippen LogP contribution is 2.29. The smallest absolute Gasteiger partial charge is 0.266 e. The summed E-state index contributed by atoms with van der Waals surface area (Å²) < 4.78 is 18.8. The van der Waals surface area contributed by atoms with Crippen LogP contribution < -0.4 is 10.6 Å². The quantitative estimate of drug-likeness (QED) is 0.824. The van der Waals surface area contributed by atoms with E-state index in [2.05, 4.69) is 10.1 Å². The van der Waals surface area contributed by atoms with Crippen LogP contribution in [0.5, 0.6) is 0 Å². The van der Waals surface area contributed by atoms with Crippen LogP contribution in [-0.4, -0.2) is 23.2 Å². The van der Waals surface area contributed by atoms with Gasteiger partial charge in [0.1, 0.15) is 5.82 Å². The topological polar surface area (TPSA) is 68.2 Å². The first-order valence-electron chi connectivity index (χ1n) is 5.89. The van der Waals surface area contributed by atoms with Gasteiger partial charge in [0.05, 0.1) is 5.56 Å². The molecule has 0 amide bonds. The maximum Gasteiger partial charge on any atom is 0.266 e. The minimum absolute atomic E-state index is 0.132. The lowest BCUT2D eigenvalue weighted by Gasteiger charge is -2.09. The van der Waals surface area contributed by atoms with Gasteiger partial charge in [0.25, 0.3) is 11.8 Å². The van der Waals surface area contributed by atoms with Crippen molar-refractivity contribution in [2.24, 2.45) is 0 Å². The lowest BCUT2D eigenvalue weighted by molar-refractivity contribution is 0.428. The van der Waals surface area contributed by atoms with E-state index in [9.17, 15) is 4.39 Å². The first-order valence-corrected chi connectivity index (χ1v) is 5.89. The van der Waals surface area contributed by atoms with Gasteiger partial charge in [-0.25, -0.2) is 4.39 Å². The van der Waals surface area contributed by atoms with E-state index < -0.39 is 5.82 Å². The van der Waals surface area contributed by atoms with Crippen LogP contribution in [0.15, 0.2) is 22.7 Å². The van der Waals surface area contributed by atoms with Gasteiger partial charge in [0.15, 0.2) is 0 Å². The average molecular weight is 248 g/mol. The SMILES string of the molecule is Nc1cccc(F)c1-c1nc(N2CCCC2)no1. The fourth-order valence-electron chi connectivity index (χ4n) is 2.13. The van der Waals surface area contributed by atoms with E-state index in [0.717, 1.165) is 25.9 Å². The number of aromatic nitrogens is 2. The number of rotatable bonds is 2. The van der Waals surface area contributed by atoms with Crippen molar-refractivity contribution in [2.45, 2.75) is 12.8 Å². The normalized spacial score (nSPS) is 15.3. The van der Waals surface area contributed by atoms with Gasteiger partial charge in [-0.1, -0.05) is 6.07 Å². The second-order valence-electron chi connectivity index (χ2n) is 4.30. The molecule has 0 saturated carbocycles. The van der Waals surface area contributed by atoms with Crippen molar-refractivity contribution in [3.05, 3.63) is 24.0 Å². The van der Waals surface area contributed by atoms with Crippen molar-refractivity contribution in [1.82, 2.24) is 10.1 Å². The number of nitrogens with zero attached hydrogens (tertiary/aromatic N) is 3. The number of benzene rings is 1. The fourth-order valence-corrected chi connectivity index (χ4v) is 2.13. The molecular formula is C12H13FN4O. The molecule has 2 heterocycles. The van der Waals surface area contributed by atoms with Crippen LogP contribution in [0.1, 0.15) is 12.8 Å². The van der Waals surface area contributed by atoms with Crippen LogP contribution in [0.3, 0.4) is 0 Å². The largest absolute Gasteiger partial charge is 0.398 e. The zero-order valence-electron chi connectivity index (χ0n) is 9.77. The predicted molar refractivity (Wildman–Crippen MR) is 65.6 cm³/mol. The highest BCUT2D eigenvalue weighted by atomic mass is 19.1. The van der Waals surface area contributed by atoms with Crippen molar-refractivity contribution in [3.8, 4) is 11.5 Å². The molecule has 18 heavy (non-hydrogen) atoms. The second-order valence-corrected chi connectivity index (χ2v) is 4.30. The Morgan fingerprint density at radius 1 is 1.28 bits per heavy atom. The minimum Gasteiger partial charge on any atom is -0.398 e. The highest BCUT2D eigenvalue weighted by molar-refractivity contribution is 5.71. The molecule has 5 nitrogen and oxygen atoms in total. The summed E-state index contributed by atoms with van der Waals surface area (Å²) in [6, 6.07) is 4.48. The molecule has 94 valence electrons. The summed E-state index contributed by atoms with van der Waals surface area (Å²) in [6.07, 6.45) is 2.23. The van der Waals surface area contributed by atoms with Gasteiger partial charge < -0.3 is 15.2 Å². The summed E-state index contributed by atoms with van der Waals surface area (Å²) >= 11 is 0. The van der Waals surface area contributed by atoms with Crippen molar-refractivity contribution in [3.63, 3.8) is 0 Å². The molecule has 1 aromatic carbocycles. The summed E-state index contributed by atoms with van der Waals surface area (Å²) in [5.41, 5.74) is 6.21. The molecule has 0 bridgehead atoms. The summed E-state index contributed by atoms with van der Waals surface area (Å²) in [7, 11) is 0. The Kier molecular flexibility index (Phi) is 2.62. The lowest BCUT2D eigenvalue weighted by Crippen LogP contribution is -2.18. The summed E-state index contributed by atoms with van der Waals surface area (Å²) in [4.78, 5) is 6.23. The minimum atomic E-state index is -0.452. The molecule has 0 radical (unpaired) electrons. The Morgan fingerprint density at radius 2 is 2.06 bits per heavy atom. The Bertz CT molecular complexity index is 543. The first kappa shape index (κ1) is 11.0. The maximum atomic E-state index is 13.7. The van der Waals surface area contributed by atoms with E-state index in [1.807, 2.05) is 4.90 Å². The monoisotopic (exact) mass is 248 g/mol. The lowest BCUT2D eigenvalue weighted by atomic mass is 10.1. The van der Waals surface area contributed by atoms with Crippen molar-refractivity contribution in [1.29, 1.82) is 0 Å². The molecule has 1 aliphatic heterocycles. The third-order valence-corrected chi connectivity index (χ3v) is 3.06. The zero-order valence-corrected chi connectivity index (χ0v) is 9.77. The Hall–Kier alpha value is -2.11. The van der Waals surface area contributed by atoms with Crippen LogP contribution >= 0.6 is 0 Å². The van der Waals surface area contributed by atoms with E-state index in [1.165, 1.54) is 6.07 Å². The summed E-state index contributed by atoms with van der Waals surface area (Å²) in [5, 5.41) is 3.87. The molecule has 2 aromatic rings. The summed E-state index contributed by atoms with van der Waals surface area (Å²) in [6.45, 7) is 1.82. The van der Waals surface area contributed by atoms with Gasteiger partial charge in [0.2, 0.25) is 0 Å². The fraction of sp³-hybridized carbons (Fsp3) is 0.333. The molecule has 2 N–H and O–H groups in total. The zero-order chi connectivity index (χ0) is 12.5. The first-order chi connectivity index (χ1) is 8.75. The molecule has 3 rings (SSSR count). The summed E-state index contributed by atoms with van der Waals surface area (Å²) in [5.74, 6) is 0.185. The van der Waals surface area contributed by atoms with Gasteiger partial charge >= 0.3 is 0 Å². The number of halogens is 1. The molecule has 1 aromatic heterocycles. The van der Waals surface area contributed by atoms with Crippen molar-refractivity contribution < 1.29 is 8.91 Å². The number of nitrogen functional groups attached to an aromatic ring is 1. The maximum absolute atomic E-state index is 13.7. The number of nitrogens with two attached hydrogens (primary N) is 1. The van der Waals surface area contributed by atoms with Crippen molar-refractivity contribution in [2.75, 3.05) is 23.7 Å². The van der Waals surface area contributed by atoms with E-state index in [0.29, 0.717) is 11.6 Å². The predicted octanol–water partition coefficient (Wildman–Crippen LogP) is 2.06. The average Bonchev–Trinajstić information content (AvgIpc) is 2.99. The van der Waals surface area contributed by atoms with Crippen LogP contribution in [0.4, 0.5) is 16.0 Å². The molecule has 6 heteroatoms. The van der Waals surface area contributed by atoms with Gasteiger partial charge in [-0.15, -0.1) is 0 Å². The highest BCUT2D eigenvalue weighted by Gasteiger charge is 2.21. The number of anilines is 2. The standard InChI is InChI=1S/C12H13FN4O/c13-8-4-3-5-9(14)10(8)11-15-12(16-18-11)17-6-1-2-7-17/h3-5H,1-2,6-7,14H2. The Morgan fingerprint density at radius 3 is 2.78 bits per heavy atom. The Balaban J connectivity index is 1.97. The van der Waals surface area contributed by atoms with Gasteiger partial charge in [-0.05, 0) is 30.1 Å². The number of hydrogen-bond donors (Lipinski definition) is 1. The molecule has 0 atom stereocenters. The third-order valence-electron chi connectivity index (χ3n) is 3.06. The van der Waals surface area contributed by atoms with Crippen LogP contribution in [0.2, 0.25) is 0 Å². The van der Waals surface area contributed by atoms with Gasteiger partial charge in [-0.2, -0.15) is 4.98 Å². The molecule has 0 aliphatic carbocycles. The van der Waals surface area contributed by atoms with E-state index >= 15 is 0 Å². The molecule has 0 spiro atoms. The molecule has 1 saturated heterocycles. The van der Waals surface area contributed by atoms with Crippen LogP contribution in [-0.2, 0) is 0 Å². The van der Waals surface area contributed by atoms with E-state index in [1.54, 1.807) is 12.1 Å².